The van der Waals surface area contributed by atoms with Crippen molar-refractivity contribution in [1.82, 2.24) is 14.9 Å². The van der Waals surface area contributed by atoms with Gasteiger partial charge in [-0.1, -0.05) is 25.4 Å². The molecule has 0 spiro atoms. The van der Waals surface area contributed by atoms with Gasteiger partial charge < -0.3 is 9.88 Å². The standard InChI is InChI=1S/C19H24ClN3O/c1-13(2)10-17-11-21-18(22-17)15-4-3-9-23(12-15)19(24)14-5-7-16(20)8-6-14/h5-8,11,13,15H,3-4,9-10,12H2,1-2H3,(H,21,22). The molecule has 5 heteroatoms. The Morgan fingerprint density at radius 3 is 2.83 bits per heavy atom. The Balaban J connectivity index is 1.68. The first-order chi connectivity index (χ1) is 11.5. The number of imidazole rings is 1. The van der Waals surface area contributed by atoms with Crippen molar-refractivity contribution < 1.29 is 4.79 Å². The Morgan fingerprint density at radius 1 is 1.38 bits per heavy atom. The number of piperidine rings is 1. The maximum atomic E-state index is 12.7. The third-order valence-corrected chi connectivity index (χ3v) is 4.71. The van der Waals surface area contributed by atoms with Crippen LogP contribution in [0.5, 0.6) is 0 Å². The number of nitrogens with one attached hydrogen (secondary N) is 1. The van der Waals surface area contributed by atoms with Crippen molar-refractivity contribution >= 4 is 17.5 Å². The first-order valence-electron chi connectivity index (χ1n) is 8.61. The summed E-state index contributed by atoms with van der Waals surface area (Å²) in [5.41, 5.74) is 1.88. The molecule has 0 radical (unpaired) electrons. The van der Waals surface area contributed by atoms with Crippen LogP contribution in [-0.4, -0.2) is 33.9 Å². The van der Waals surface area contributed by atoms with E-state index in [1.807, 2.05) is 11.1 Å². The molecule has 128 valence electrons. The Bertz CT molecular complexity index is 693. The van der Waals surface area contributed by atoms with Crippen molar-refractivity contribution in [1.29, 1.82) is 0 Å². The van der Waals surface area contributed by atoms with Gasteiger partial charge in [0.15, 0.2) is 0 Å². The van der Waals surface area contributed by atoms with Crippen LogP contribution in [0.2, 0.25) is 5.02 Å². The summed E-state index contributed by atoms with van der Waals surface area (Å²) in [7, 11) is 0. The highest BCUT2D eigenvalue weighted by atomic mass is 35.5. The van der Waals surface area contributed by atoms with Gasteiger partial charge in [0.05, 0.1) is 0 Å². The molecule has 1 fully saturated rings. The van der Waals surface area contributed by atoms with Crippen molar-refractivity contribution in [2.45, 2.75) is 39.0 Å². The van der Waals surface area contributed by atoms with Crippen LogP contribution in [0.3, 0.4) is 0 Å². The van der Waals surface area contributed by atoms with Crippen LogP contribution in [0.1, 0.15) is 54.5 Å². The molecule has 2 heterocycles. The summed E-state index contributed by atoms with van der Waals surface area (Å²) in [5.74, 6) is 1.98. The van der Waals surface area contributed by atoms with Gasteiger partial charge >= 0.3 is 0 Å². The zero-order valence-corrected chi connectivity index (χ0v) is 15.0. The maximum Gasteiger partial charge on any atom is 0.253 e. The number of benzene rings is 1. The number of likely N-dealkylation sites (tertiary alicyclic amines) is 1. The van der Waals surface area contributed by atoms with Crippen LogP contribution in [0.4, 0.5) is 0 Å². The van der Waals surface area contributed by atoms with E-state index in [2.05, 4.69) is 23.8 Å². The minimum absolute atomic E-state index is 0.0744. The molecule has 4 nitrogen and oxygen atoms in total. The molecule has 1 aliphatic rings. The first-order valence-corrected chi connectivity index (χ1v) is 8.99. The van der Waals surface area contributed by atoms with E-state index in [0.29, 0.717) is 16.5 Å². The molecule has 3 rings (SSSR count). The van der Waals surface area contributed by atoms with Crippen LogP contribution >= 0.6 is 11.6 Å². The second-order valence-corrected chi connectivity index (χ2v) is 7.43. The quantitative estimate of drug-likeness (QED) is 0.899. The predicted molar refractivity (Wildman–Crippen MR) is 96.5 cm³/mol. The summed E-state index contributed by atoms with van der Waals surface area (Å²) >= 11 is 5.91. The SMILES string of the molecule is CC(C)Cc1cnc(C2CCCN(C(=O)c3ccc(Cl)cc3)C2)[nH]1. The molecule has 0 bridgehead atoms. The number of hydrogen-bond donors (Lipinski definition) is 1. The topological polar surface area (TPSA) is 49.0 Å². The Labute approximate surface area is 148 Å². The minimum Gasteiger partial charge on any atom is -0.346 e. The molecule has 24 heavy (non-hydrogen) atoms. The van der Waals surface area contributed by atoms with E-state index >= 15 is 0 Å². The number of amides is 1. The number of aromatic nitrogens is 2. The van der Waals surface area contributed by atoms with E-state index in [1.165, 1.54) is 5.69 Å². The number of carbonyl (C=O) groups is 1. The average molecular weight is 346 g/mol. The number of aromatic amines is 1. The van der Waals surface area contributed by atoms with Gasteiger partial charge in [-0.25, -0.2) is 4.98 Å². The van der Waals surface area contributed by atoms with Gasteiger partial charge in [0, 0.05) is 41.5 Å². The van der Waals surface area contributed by atoms with Gasteiger partial charge in [-0.05, 0) is 49.4 Å². The molecule has 0 aliphatic carbocycles. The van der Waals surface area contributed by atoms with Gasteiger partial charge in [-0.15, -0.1) is 0 Å². The van der Waals surface area contributed by atoms with Crippen LogP contribution in [0.15, 0.2) is 30.5 Å². The van der Waals surface area contributed by atoms with E-state index < -0.39 is 0 Å². The monoisotopic (exact) mass is 345 g/mol. The molecular formula is C19H24ClN3O. The normalized spacial score (nSPS) is 18.2. The van der Waals surface area contributed by atoms with Crippen molar-refractivity contribution in [2.75, 3.05) is 13.1 Å². The lowest BCUT2D eigenvalue weighted by atomic mass is 9.96. The number of H-pyrrole nitrogens is 1. The lowest BCUT2D eigenvalue weighted by Crippen LogP contribution is -2.39. The van der Waals surface area contributed by atoms with Gasteiger partial charge in [-0.3, -0.25) is 4.79 Å². The smallest absolute Gasteiger partial charge is 0.253 e. The lowest BCUT2D eigenvalue weighted by Gasteiger charge is -2.32. The van der Waals surface area contributed by atoms with E-state index in [1.54, 1.807) is 24.3 Å². The third kappa shape index (κ3) is 3.99. The maximum absolute atomic E-state index is 12.7. The summed E-state index contributed by atoms with van der Waals surface area (Å²) in [6.45, 7) is 5.93. The molecule has 1 unspecified atom stereocenters. The number of rotatable bonds is 4. The summed E-state index contributed by atoms with van der Waals surface area (Å²) in [6, 6.07) is 7.12. The van der Waals surface area contributed by atoms with Crippen LogP contribution in [-0.2, 0) is 6.42 Å². The van der Waals surface area contributed by atoms with E-state index in [9.17, 15) is 4.79 Å². The highest BCUT2D eigenvalue weighted by molar-refractivity contribution is 6.30. The highest BCUT2D eigenvalue weighted by Gasteiger charge is 2.27. The van der Waals surface area contributed by atoms with Crippen LogP contribution in [0, 0.1) is 5.92 Å². The second-order valence-electron chi connectivity index (χ2n) is 6.99. The fourth-order valence-corrected chi connectivity index (χ4v) is 3.41. The number of nitrogens with zero attached hydrogens (tertiary/aromatic N) is 2. The molecule has 1 aromatic carbocycles. The number of halogens is 1. The Kier molecular flexibility index (Phi) is 5.24. The molecular weight excluding hydrogens is 322 g/mol. The number of carbonyl (C=O) groups excluding carboxylic acids is 1. The average Bonchev–Trinajstić information content (AvgIpc) is 3.03. The zero-order valence-electron chi connectivity index (χ0n) is 14.3. The van der Waals surface area contributed by atoms with Crippen LogP contribution < -0.4 is 0 Å². The van der Waals surface area contributed by atoms with Crippen molar-refractivity contribution in [3.63, 3.8) is 0 Å². The van der Waals surface area contributed by atoms with E-state index in [4.69, 9.17) is 11.6 Å². The summed E-state index contributed by atoms with van der Waals surface area (Å²) in [4.78, 5) is 22.6. The number of hydrogen-bond acceptors (Lipinski definition) is 2. The molecule has 1 aliphatic heterocycles. The molecule has 1 aromatic heterocycles. The van der Waals surface area contributed by atoms with Gasteiger partial charge in [0.25, 0.3) is 5.91 Å². The van der Waals surface area contributed by atoms with Gasteiger partial charge in [0.1, 0.15) is 5.82 Å². The van der Waals surface area contributed by atoms with Gasteiger partial charge in [0.2, 0.25) is 0 Å². The third-order valence-electron chi connectivity index (χ3n) is 4.46. The first kappa shape index (κ1) is 17.0. The molecule has 1 saturated heterocycles. The van der Waals surface area contributed by atoms with Gasteiger partial charge in [-0.2, -0.15) is 0 Å². The largest absolute Gasteiger partial charge is 0.346 e. The van der Waals surface area contributed by atoms with E-state index in [-0.39, 0.29) is 11.8 Å². The molecule has 1 amide bonds. The zero-order chi connectivity index (χ0) is 17.1. The van der Waals surface area contributed by atoms with Crippen molar-refractivity contribution in [3.05, 3.63) is 52.6 Å². The summed E-state index contributed by atoms with van der Waals surface area (Å²) in [6.07, 6.45) is 5.02. The lowest BCUT2D eigenvalue weighted by molar-refractivity contribution is 0.0705. The highest BCUT2D eigenvalue weighted by Crippen LogP contribution is 2.26. The summed E-state index contributed by atoms with van der Waals surface area (Å²) in [5, 5.41) is 0.649. The van der Waals surface area contributed by atoms with Crippen molar-refractivity contribution in [2.24, 2.45) is 5.92 Å². The fraction of sp³-hybridized carbons (Fsp3) is 0.474. The van der Waals surface area contributed by atoms with Crippen LogP contribution in [0.25, 0.3) is 0 Å². The van der Waals surface area contributed by atoms with Crippen molar-refractivity contribution in [3.8, 4) is 0 Å². The van der Waals surface area contributed by atoms with E-state index in [0.717, 1.165) is 38.2 Å². The Hall–Kier alpha value is -1.81. The molecule has 1 N–H and O–H groups in total. The molecule has 2 aromatic rings. The predicted octanol–water partition coefficient (Wildman–Crippen LogP) is 4.28. The molecule has 1 atom stereocenters. The second kappa shape index (κ2) is 7.39. The Morgan fingerprint density at radius 2 is 2.12 bits per heavy atom. The molecule has 0 saturated carbocycles. The summed E-state index contributed by atoms with van der Waals surface area (Å²) < 4.78 is 0. The fourth-order valence-electron chi connectivity index (χ4n) is 3.29. The minimum atomic E-state index is 0.0744.